The second kappa shape index (κ2) is 5.24. The van der Waals surface area contributed by atoms with Crippen molar-refractivity contribution in [3.05, 3.63) is 64.7 Å². The lowest BCUT2D eigenvalue weighted by Gasteiger charge is -2.16. The summed E-state index contributed by atoms with van der Waals surface area (Å²) in [5.41, 5.74) is 3.64. The van der Waals surface area contributed by atoms with Crippen LogP contribution in [0.5, 0.6) is 0 Å². The fraction of sp³-hybridized carbons (Fsp3) is 0.200. The van der Waals surface area contributed by atoms with Gasteiger partial charge in [0.1, 0.15) is 0 Å². The van der Waals surface area contributed by atoms with Crippen LogP contribution in [0.2, 0.25) is 5.02 Å². The topological polar surface area (TPSA) is 12.0 Å². The monoisotopic (exact) mass is 245 g/mol. The first-order chi connectivity index (χ1) is 8.15. The number of rotatable bonds is 3. The number of benzene rings is 2. The van der Waals surface area contributed by atoms with Crippen molar-refractivity contribution in [2.75, 3.05) is 5.32 Å². The zero-order valence-corrected chi connectivity index (χ0v) is 10.8. The Bertz CT molecular complexity index is 491. The lowest BCUT2D eigenvalue weighted by Crippen LogP contribution is -2.06. The second-order valence-corrected chi connectivity index (χ2v) is 4.72. The van der Waals surface area contributed by atoms with Crippen molar-refractivity contribution in [1.29, 1.82) is 0 Å². The van der Waals surface area contributed by atoms with Gasteiger partial charge in [-0.3, -0.25) is 0 Å². The zero-order valence-electron chi connectivity index (χ0n) is 10.1. The molecule has 1 unspecified atom stereocenters. The number of hydrogen-bond donors (Lipinski definition) is 1. The summed E-state index contributed by atoms with van der Waals surface area (Å²) < 4.78 is 0. The van der Waals surface area contributed by atoms with Gasteiger partial charge in [-0.05, 0) is 49.2 Å². The molecule has 1 N–H and O–H groups in total. The molecule has 0 radical (unpaired) electrons. The molecule has 0 aromatic heterocycles. The van der Waals surface area contributed by atoms with Gasteiger partial charge in [0.25, 0.3) is 0 Å². The minimum atomic E-state index is 0.272. The summed E-state index contributed by atoms with van der Waals surface area (Å²) in [6, 6.07) is 16.6. The lowest BCUT2D eigenvalue weighted by molar-refractivity contribution is 0.884. The molecular weight excluding hydrogens is 230 g/mol. The molecule has 0 aliphatic rings. The van der Waals surface area contributed by atoms with Gasteiger partial charge in [-0.2, -0.15) is 0 Å². The summed E-state index contributed by atoms with van der Waals surface area (Å²) in [5, 5.41) is 4.25. The Morgan fingerprint density at radius 2 is 1.76 bits per heavy atom. The van der Waals surface area contributed by atoms with E-state index in [4.69, 9.17) is 11.6 Å². The quantitative estimate of drug-likeness (QED) is 0.817. The van der Waals surface area contributed by atoms with E-state index in [1.54, 1.807) is 0 Å². The van der Waals surface area contributed by atoms with Crippen molar-refractivity contribution in [2.45, 2.75) is 19.9 Å². The molecule has 2 aromatic rings. The van der Waals surface area contributed by atoms with Crippen LogP contribution in [0.3, 0.4) is 0 Å². The molecule has 0 bridgehead atoms. The van der Waals surface area contributed by atoms with Gasteiger partial charge in [0.15, 0.2) is 0 Å². The van der Waals surface area contributed by atoms with Gasteiger partial charge in [0.2, 0.25) is 0 Å². The molecule has 1 nitrogen and oxygen atoms in total. The number of halogens is 1. The van der Waals surface area contributed by atoms with Crippen LogP contribution in [0.15, 0.2) is 48.5 Å². The summed E-state index contributed by atoms with van der Waals surface area (Å²) in [6.45, 7) is 4.24. The Morgan fingerprint density at radius 1 is 1.06 bits per heavy atom. The summed E-state index contributed by atoms with van der Waals surface area (Å²) >= 11 is 5.88. The van der Waals surface area contributed by atoms with E-state index in [1.807, 2.05) is 12.1 Å². The molecule has 0 heterocycles. The predicted octanol–water partition coefficient (Wildman–Crippen LogP) is 4.82. The first kappa shape index (κ1) is 12.0. The van der Waals surface area contributed by atoms with Gasteiger partial charge in [-0.1, -0.05) is 35.9 Å². The highest BCUT2D eigenvalue weighted by atomic mass is 35.5. The smallest absolute Gasteiger partial charge is 0.0485 e. The predicted molar refractivity (Wildman–Crippen MR) is 74.7 cm³/mol. The van der Waals surface area contributed by atoms with Gasteiger partial charge in [0.05, 0.1) is 0 Å². The number of nitrogens with one attached hydrogen (secondary N) is 1. The maximum Gasteiger partial charge on any atom is 0.0485 e. The Kier molecular flexibility index (Phi) is 3.70. The van der Waals surface area contributed by atoms with Gasteiger partial charge in [-0.25, -0.2) is 0 Å². The SMILES string of the molecule is Cc1cccc(NC(C)c2ccc(Cl)cc2)c1. The number of hydrogen-bond acceptors (Lipinski definition) is 1. The molecule has 2 rings (SSSR count). The van der Waals surface area contributed by atoms with Gasteiger partial charge in [-0.15, -0.1) is 0 Å². The molecule has 2 heteroatoms. The van der Waals surface area contributed by atoms with Crippen molar-refractivity contribution in [3.63, 3.8) is 0 Å². The molecule has 0 spiro atoms. The second-order valence-electron chi connectivity index (χ2n) is 4.29. The first-order valence-corrected chi connectivity index (χ1v) is 6.11. The van der Waals surface area contributed by atoms with Crippen LogP contribution in [0.25, 0.3) is 0 Å². The van der Waals surface area contributed by atoms with E-state index in [0.717, 1.165) is 10.7 Å². The van der Waals surface area contributed by atoms with Crippen LogP contribution in [-0.2, 0) is 0 Å². The van der Waals surface area contributed by atoms with Crippen molar-refractivity contribution < 1.29 is 0 Å². The van der Waals surface area contributed by atoms with E-state index in [1.165, 1.54) is 11.1 Å². The van der Waals surface area contributed by atoms with Crippen LogP contribution in [0.4, 0.5) is 5.69 Å². The molecule has 0 saturated carbocycles. The third-order valence-corrected chi connectivity index (χ3v) is 3.02. The summed E-state index contributed by atoms with van der Waals surface area (Å²) in [5.74, 6) is 0. The largest absolute Gasteiger partial charge is 0.379 e. The van der Waals surface area contributed by atoms with Crippen molar-refractivity contribution >= 4 is 17.3 Å². The van der Waals surface area contributed by atoms with E-state index >= 15 is 0 Å². The molecule has 0 saturated heterocycles. The maximum absolute atomic E-state index is 5.88. The van der Waals surface area contributed by atoms with E-state index in [-0.39, 0.29) is 6.04 Å². The van der Waals surface area contributed by atoms with Crippen LogP contribution in [0, 0.1) is 6.92 Å². The van der Waals surface area contributed by atoms with E-state index in [2.05, 4.69) is 55.6 Å². The fourth-order valence-electron chi connectivity index (χ4n) is 1.82. The van der Waals surface area contributed by atoms with Crippen molar-refractivity contribution in [2.24, 2.45) is 0 Å². The number of anilines is 1. The Labute approximate surface area is 107 Å². The van der Waals surface area contributed by atoms with Gasteiger partial charge in [0, 0.05) is 16.8 Å². The zero-order chi connectivity index (χ0) is 12.3. The molecule has 0 fully saturated rings. The standard InChI is InChI=1S/C15H16ClN/c1-11-4-3-5-15(10-11)17-12(2)13-6-8-14(16)9-7-13/h3-10,12,17H,1-2H3. The Hall–Kier alpha value is -1.47. The van der Waals surface area contributed by atoms with Crippen molar-refractivity contribution in [3.8, 4) is 0 Å². The third kappa shape index (κ3) is 3.24. The normalized spacial score (nSPS) is 12.2. The maximum atomic E-state index is 5.88. The van der Waals surface area contributed by atoms with Crippen LogP contribution < -0.4 is 5.32 Å². The molecule has 1 atom stereocenters. The van der Waals surface area contributed by atoms with E-state index in [9.17, 15) is 0 Å². The average molecular weight is 246 g/mol. The Balaban J connectivity index is 2.11. The highest BCUT2D eigenvalue weighted by Gasteiger charge is 2.04. The summed E-state index contributed by atoms with van der Waals surface area (Å²) in [6.07, 6.45) is 0. The highest BCUT2D eigenvalue weighted by molar-refractivity contribution is 6.30. The number of aryl methyl sites for hydroxylation is 1. The highest BCUT2D eigenvalue weighted by Crippen LogP contribution is 2.21. The van der Waals surface area contributed by atoms with Crippen LogP contribution in [-0.4, -0.2) is 0 Å². The minimum Gasteiger partial charge on any atom is -0.379 e. The average Bonchev–Trinajstić information content (AvgIpc) is 2.29. The van der Waals surface area contributed by atoms with Gasteiger partial charge < -0.3 is 5.32 Å². The fourth-order valence-corrected chi connectivity index (χ4v) is 1.95. The lowest BCUT2D eigenvalue weighted by atomic mass is 10.1. The van der Waals surface area contributed by atoms with Crippen LogP contribution >= 0.6 is 11.6 Å². The molecular formula is C15H16ClN. The van der Waals surface area contributed by atoms with Crippen molar-refractivity contribution in [1.82, 2.24) is 0 Å². The van der Waals surface area contributed by atoms with Crippen LogP contribution in [0.1, 0.15) is 24.1 Å². The molecule has 0 aliphatic carbocycles. The molecule has 2 aromatic carbocycles. The minimum absolute atomic E-state index is 0.272. The summed E-state index contributed by atoms with van der Waals surface area (Å²) in [4.78, 5) is 0. The molecule has 0 aliphatic heterocycles. The molecule has 17 heavy (non-hydrogen) atoms. The molecule has 88 valence electrons. The molecule has 0 amide bonds. The first-order valence-electron chi connectivity index (χ1n) is 5.74. The third-order valence-electron chi connectivity index (χ3n) is 2.77. The Morgan fingerprint density at radius 3 is 2.41 bits per heavy atom. The van der Waals surface area contributed by atoms with E-state index in [0.29, 0.717) is 0 Å². The summed E-state index contributed by atoms with van der Waals surface area (Å²) in [7, 11) is 0. The van der Waals surface area contributed by atoms with Gasteiger partial charge >= 0.3 is 0 Å². The van der Waals surface area contributed by atoms with E-state index < -0.39 is 0 Å².